The van der Waals surface area contributed by atoms with Crippen molar-refractivity contribution in [2.45, 2.75) is 33.1 Å². The van der Waals surface area contributed by atoms with Crippen molar-refractivity contribution < 1.29 is 13.9 Å². The normalized spacial score (nSPS) is 10.9. The summed E-state index contributed by atoms with van der Waals surface area (Å²) < 4.78 is 25.2. The van der Waals surface area contributed by atoms with E-state index in [0.717, 1.165) is 6.42 Å². The minimum absolute atomic E-state index is 0.123. The molecule has 0 aromatic carbocycles. The quantitative estimate of drug-likeness (QED) is 0.727. The first-order chi connectivity index (χ1) is 9.60. The summed E-state index contributed by atoms with van der Waals surface area (Å²) in [5.41, 5.74) is 0. The maximum atomic E-state index is 12.6. The molecule has 0 aliphatic heterocycles. The number of aryl methyl sites for hydroxylation is 1. The van der Waals surface area contributed by atoms with E-state index in [1.54, 1.807) is 6.07 Å². The average molecular weight is 288 g/mol. The Morgan fingerprint density at radius 1 is 1.35 bits per heavy atom. The first-order valence-electron chi connectivity index (χ1n) is 6.86. The molecule has 0 spiro atoms. The number of rotatable bonds is 9. The van der Waals surface area contributed by atoms with E-state index >= 15 is 0 Å². The third-order valence-corrected chi connectivity index (χ3v) is 2.64. The topological polar surface area (TPSA) is 61.3 Å². The van der Waals surface area contributed by atoms with Gasteiger partial charge in [0.1, 0.15) is 17.5 Å². The van der Waals surface area contributed by atoms with Crippen LogP contribution in [-0.2, 0) is 6.42 Å². The second-order valence-corrected chi connectivity index (χ2v) is 4.37. The molecule has 1 heterocycles. The van der Waals surface area contributed by atoms with Gasteiger partial charge in [0, 0.05) is 25.6 Å². The van der Waals surface area contributed by atoms with Gasteiger partial charge in [0.2, 0.25) is 0 Å². The Bertz CT molecular complexity index is 380. The predicted molar refractivity (Wildman–Crippen MR) is 75.5 cm³/mol. The van der Waals surface area contributed by atoms with Gasteiger partial charge >= 0.3 is 0 Å². The van der Waals surface area contributed by atoms with E-state index in [1.807, 2.05) is 13.8 Å². The minimum Gasteiger partial charge on any atom is -0.395 e. The first kappa shape index (κ1) is 16.6. The molecule has 5 nitrogen and oxygen atoms in total. The lowest BCUT2D eigenvalue weighted by molar-refractivity contribution is 0.152. The van der Waals surface area contributed by atoms with Crippen molar-refractivity contribution in [3.05, 3.63) is 11.9 Å². The van der Waals surface area contributed by atoms with Crippen molar-refractivity contribution in [2.24, 2.45) is 0 Å². The van der Waals surface area contributed by atoms with Crippen molar-refractivity contribution in [3.63, 3.8) is 0 Å². The Kier molecular flexibility index (Phi) is 7.14. The lowest BCUT2D eigenvalue weighted by Crippen LogP contribution is -2.32. The second-order valence-electron chi connectivity index (χ2n) is 4.37. The molecule has 20 heavy (non-hydrogen) atoms. The van der Waals surface area contributed by atoms with Gasteiger partial charge in [0.15, 0.2) is 0 Å². The lowest BCUT2D eigenvalue weighted by Gasteiger charge is -2.23. The molecule has 1 aromatic rings. The largest absolute Gasteiger partial charge is 0.395 e. The summed E-state index contributed by atoms with van der Waals surface area (Å²) in [4.78, 5) is 10.0. The van der Waals surface area contributed by atoms with Gasteiger partial charge < -0.3 is 15.3 Å². The third-order valence-electron chi connectivity index (χ3n) is 2.64. The van der Waals surface area contributed by atoms with Gasteiger partial charge in [-0.3, -0.25) is 0 Å². The summed E-state index contributed by atoms with van der Waals surface area (Å²) in [6.45, 7) is 4.11. The maximum absolute atomic E-state index is 12.6. The number of alkyl halides is 2. The number of nitrogens with one attached hydrogen (secondary N) is 1. The van der Waals surface area contributed by atoms with E-state index in [-0.39, 0.29) is 13.2 Å². The zero-order valence-corrected chi connectivity index (χ0v) is 11.9. The highest BCUT2D eigenvalue weighted by molar-refractivity contribution is 5.49. The predicted octanol–water partition coefficient (Wildman–Crippen LogP) is 1.92. The zero-order valence-electron chi connectivity index (χ0n) is 11.9. The fourth-order valence-corrected chi connectivity index (χ4v) is 1.84. The summed E-state index contributed by atoms with van der Waals surface area (Å²) in [6.07, 6.45) is -0.911. The monoisotopic (exact) mass is 288 g/mol. The van der Waals surface area contributed by atoms with Crippen molar-refractivity contribution in [1.82, 2.24) is 9.97 Å². The molecule has 1 aromatic heterocycles. The van der Waals surface area contributed by atoms with E-state index < -0.39 is 13.0 Å². The summed E-state index contributed by atoms with van der Waals surface area (Å²) in [6, 6.07) is 1.64. The number of hydrogen-bond acceptors (Lipinski definition) is 5. The van der Waals surface area contributed by atoms with E-state index in [4.69, 9.17) is 5.11 Å². The van der Waals surface area contributed by atoms with E-state index in [1.165, 1.54) is 4.90 Å². The minimum atomic E-state index is -2.48. The molecule has 1 rings (SSSR count). The van der Waals surface area contributed by atoms with Crippen molar-refractivity contribution in [1.29, 1.82) is 0 Å². The maximum Gasteiger partial charge on any atom is 0.255 e. The van der Waals surface area contributed by atoms with Gasteiger partial charge in [-0.05, 0) is 13.3 Å². The van der Waals surface area contributed by atoms with Crippen LogP contribution in [0.3, 0.4) is 0 Å². The van der Waals surface area contributed by atoms with E-state index in [0.29, 0.717) is 30.4 Å². The average Bonchev–Trinajstić information content (AvgIpc) is 2.38. The number of aliphatic hydroxyl groups excluding tert-OH is 1. The Hall–Kier alpha value is -1.50. The zero-order chi connectivity index (χ0) is 15.0. The van der Waals surface area contributed by atoms with Crippen LogP contribution in [0.15, 0.2) is 6.07 Å². The highest BCUT2D eigenvalue weighted by Crippen LogP contribution is 2.17. The van der Waals surface area contributed by atoms with Crippen molar-refractivity contribution in [3.8, 4) is 0 Å². The van der Waals surface area contributed by atoms with Gasteiger partial charge in [-0.2, -0.15) is 0 Å². The van der Waals surface area contributed by atoms with Crippen LogP contribution in [0.1, 0.15) is 26.1 Å². The molecule has 0 fully saturated rings. The molecule has 0 saturated carbocycles. The van der Waals surface area contributed by atoms with Crippen LogP contribution in [-0.4, -0.2) is 47.7 Å². The standard InChI is InChI=1S/C13H22F2N4O/c1-3-5-11-17-12(16-4-2)8-13(18-11)19(6-7-20)9-10(14)15/h8,10,20H,3-7,9H2,1-2H3,(H,16,17,18). The number of aliphatic hydroxyl groups is 1. The van der Waals surface area contributed by atoms with Gasteiger partial charge in [-0.15, -0.1) is 0 Å². The molecule has 0 radical (unpaired) electrons. The molecule has 0 aliphatic carbocycles. The van der Waals surface area contributed by atoms with Gasteiger partial charge in [0.25, 0.3) is 6.43 Å². The Morgan fingerprint density at radius 2 is 2.10 bits per heavy atom. The summed E-state index contributed by atoms with van der Waals surface area (Å²) >= 11 is 0. The first-order valence-corrected chi connectivity index (χ1v) is 6.86. The summed E-state index contributed by atoms with van der Waals surface area (Å²) in [7, 11) is 0. The van der Waals surface area contributed by atoms with Crippen LogP contribution in [0.4, 0.5) is 20.4 Å². The van der Waals surface area contributed by atoms with Crippen LogP contribution in [0.5, 0.6) is 0 Å². The number of halogens is 2. The number of nitrogens with zero attached hydrogens (tertiary/aromatic N) is 3. The van der Waals surface area contributed by atoms with Gasteiger partial charge in [-0.1, -0.05) is 6.92 Å². The molecule has 2 N–H and O–H groups in total. The lowest BCUT2D eigenvalue weighted by atomic mass is 10.3. The van der Waals surface area contributed by atoms with Crippen LogP contribution < -0.4 is 10.2 Å². The summed E-state index contributed by atoms with van der Waals surface area (Å²) in [5, 5.41) is 12.1. The summed E-state index contributed by atoms with van der Waals surface area (Å²) in [5.74, 6) is 1.67. The fraction of sp³-hybridized carbons (Fsp3) is 0.692. The van der Waals surface area contributed by atoms with Crippen LogP contribution in [0, 0.1) is 0 Å². The SMILES string of the molecule is CCCc1nc(NCC)cc(N(CCO)CC(F)F)n1. The van der Waals surface area contributed by atoms with Crippen LogP contribution >= 0.6 is 0 Å². The Balaban J connectivity index is 3.03. The molecule has 114 valence electrons. The number of aromatic nitrogens is 2. The third kappa shape index (κ3) is 5.24. The highest BCUT2D eigenvalue weighted by Gasteiger charge is 2.15. The van der Waals surface area contributed by atoms with Gasteiger partial charge in [0.05, 0.1) is 13.2 Å². The molecule has 0 unspecified atom stereocenters. The Morgan fingerprint density at radius 3 is 2.65 bits per heavy atom. The van der Waals surface area contributed by atoms with E-state index in [2.05, 4.69) is 15.3 Å². The van der Waals surface area contributed by atoms with Crippen LogP contribution in [0.2, 0.25) is 0 Å². The van der Waals surface area contributed by atoms with Crippen molar-refractivity contribution >= 4 is 11.6 Å². The van der Waals surface area contributed by atoms with Crippen molar-refractivity contribution in [2.75, 3.05) is 36.5 Å². The molecule has 0 amide bonds. The van der Waals surface area contributed by atoms with Gasteiger partial charge in [-0.25, -0.2) is 18.7 Å². The molecule has 7 heteroatoms. The van der Waals surface area contributed by atoms with E-state index in [9.17, 15) is 8.78 Å². The second kappa shape index (κ2) is 8.63. The Labute approximate surface area is 118 Å². The molecular weight excluding hydrogens is 266 g/mol. The molecule has 0 bridgehead atoms. The molecule has 0 aliphatic rings. The molecule has 0 saturated heterocycles. The highest BCUT2D eigenvalue weighted by atomic mass is 19.3. The number of anilines is 2. The van der Waals surface area contributed by atoms with Crippen LogP contribution in [0.25, 0.3) is 0 Å². The molecular formula is C13H22F2N4O. The number of hydrogen-bond donors (Lipinski definition) is 2. The molecule has 0 atom stereocenters. The smallest absolute Gasteiger partial charge is 0.255 e. The fourth-order valence-electron chi connectivity index (χ4n) is 1.84.